The van der Waals surface area contributed by atoms with Crippen molar-refractivity contribution in [2.24, 2.45) is 0 Å². The molecule has 0 saturated carbocycles. The lowest BCUT2D eigenvalue weighted by Crippen LogP contribution is -2.03. The van der Waals surface area contributed by atoms with Crippen LogP contribution in [0.3, 0.4) is 0 Å². The van der Waals surface area contributed by atoms with Crippen molar-refractivity contribution in [3.05, 3.63) is 53.7 Å². The van der Waals surface area contributed by atoms with Crippen molar-refractivity contribution in [1.29, 1.82) is 0 Å². The van der Waals surface area contributed by atoms with E-state index in [1.807, 2.05) is 36.4 Å². The van der Waals surface area contributed by atoms with E-state index in [1.54, 1.807) is 25.1 Å². The highest BCUT2D eigenvalue weighted by Crippen LogP contribution is 2.19. The van der Waals surface area contributed by atoms with Crippen LogP contribution in [-0.2, 0) is 12.3 Å². The molecule has 0 aliphatic rings. The number of benzene rings is 1. The highest BCUT2D eigenvalue weighted by atomic mass is 32.2. The minimum atomic E-state index is 0.217. The second-order valence-electron chi connectivity index (χ2n) is 4.49. The maximum atomic E-state index is 8.80. The molecular formula is C16H20N2O2S. The van der Waals surface area contributed by atoms with E-state index in [9.17, 15) is 0 Å². The number of nitrogens with zero attached hydrogens (tertiary/aromatic N) is 1. The van der Waals surface area contributed by atoms with Crippen LogP contribution in [0, 0.1) is 0 Å². The molecule has 0 amide bonds. The summed E-state index contributed by atoms with van der Waals surface area (Å²) in [6.07, 6.45) is 1.80. The zero-order chi connectivity index (χ0) is 14.9. The first kappa shape index (κ1) is 15.7. The maximum absolute atomic E-state index is 8.80. The van der Waals surface area contributed by atoms with Crippen molar-refractivity contribution < 1.29 is 9.84 Å². The van der Waals surface area contributed by atoms with Crippen LogP contribution in [0.4, 0.5) is 5.82 Å². The standard InChI is InChI=1S/C16H20N2O2S/c1-20-15-5-3-2-4-14(15)11-18-16-10-13(6-7-17-16)12-21-9-8-19/h2-7,10,19H,8-9,11-12H2,1H3,(H,17,18). The number of rotatable bonds is 8. The number of anilines is 1. The van der Waals surface area contributed by atoms with Gasteiger partial charge < -0.3 is 15.2 Å². The summed E-state index contributed by atoms with van der Waals surface area (Å²) in [5.41, 5.74) is 2.30. The van der Waals surface area contributed by atoms with Crippen molar-refractivity contribution in [2.45, 2.75) is 12.3 Å². The van der Waals surface area contributed by atoms with Crippen LogP contribution in [0.5, 0.6) is 5.75 Å². The van der Waals surface area contributed by atoms with E-state index in [0.29, 0.717) is 6.54 Å². The Morgan fingerprint density at radius 3 is 2.95 bits per heavy atom. The summed E-state index contributed by atoms with van der Waals surface area (Å²) in [6, 6.07) is 12.0. The molecule has 0 bridgehead atoms. The third-order valence-corrected chi connectivity index (χ3v) is 3.99. The Morgan fingerprint density at radius 1 is 1.29 bits per heavy atom. The van der Waals surface area contributed by atoms with Gasteiger partial charge >= 0.3 is 0 Å². The molecule has 112 valence electrons. The second-order valence-corrected chi connectivity index (χ2v) is 5.60. The van der Waals surface area contributed by atoms with Gasteiger partial charge in [-0.1, -0.05) is 18.2 Å². The zero-order valence-electron chi connectivity index (χ0n) is 12.1. The number of nitrogens with one attached hydrogen (secondary N) is 1. The quantitative estimate of drug-likeness (QED) is 0.734. The van der Waals surface area contributed by atoms with Crippen LogP contribution in [0.25, 0.3) is 0 Å². The van der Waals surface area contributed by atoms with Crippen LogP contribution < -0.4 is 10.1 Å². The Labute approximate surface area is 129 Å². The third kappa shape index (κ3) is 4.95. The first-order valence-corrected chi connectivity index (χ1v) is 7.98. The van der Waals surface area contributed by atoms with Gasteiger partial charge in [-0.25, -0.2) is 4.98 Å². The van der Waals surface area contributed by atoms with Gasteiger partial charge in [-0.2, -0.15) is 11.8 Å². The second kappa shape index (κ2) is 8.54. The van der Waals surface area contributed by atoms with E-state index in [1.165, 1.54) is 5.56 Å². The number of thioether (sulfide) groups is 1. The molecule has 2 rings (SSSR count). The minimum Gasteiger partial charge on any atom is -0.496 e. The molecule has 1 heterocycles. The van der Waals surface area contributed by atoms with Gasteiger partial charge in [0, 0.05) is 29.8 Å². The number of aromatic nitrogens is 1. The van der Waals surface area contributed by atoms with Crippen molar-refractivity contribution in [1.82, 2.24) is 4.98 Å². The van der Waals surface area contributed by atoms with Gasteiger partial charge in [0.15, 0.2) is 0 Å². The Morgan fingerprint density at radius 2 is 2.14 bits per heavy atom. The Bertz CT molecular complexity index is 563. The molecule has 5 heteroatoms. The van der Waals surface area contributed by atoms with Crippen LogP contribution in [0.15, 0.2) is 42.6 Å². The normalized spacial score (nSPS) is 10.4. The molecule has 0 saturated heterocycles. The molecule has 0 radical (unpaired) electrons. The Balaban J connectivity index is 1.95. The highest BCUT2D eigenvalue weighted by molar-refractivity contribution is 7.98. The number of aliphatic hydroxyl groups excluding tert-OH is 1. The first-order valence-electron chi connectivity index (χ1n) is 6.83. The predicted octanol–water partition coefficient (Wildman–Crippen LogP) is 2.93. The largest absolute Gasteiger partial charge is 0.496 e. The molecule has 0 spiro atoms. The van der Waals surface area contributed by atoms with E-state index >= 15 is 0 Å². The number of pyridine rings is 1. The summed E-state index contributed by atoms with van der Waals surface area (Å²) >= 11 is 1.71. The SMILES string of the molecule is COc1ccccc1CNc1cc(CSCCO)ccn1. The van der Waals surface area contributed by atoms with Crippen molar-refractivity contribution in [3.63, 3.8) is 0 Å². The van der Waals surface area contributed by atoms with Crippen molar-refractivity contribution in [2.75, 3.05) is 24.8 Å². The fourth-order valence-corrected chi connectivity index (χ4v) is 2.64. The van der Waals surface area contributed by atoms with Crippen LogP contribution in [0.2, 0.25) is 0 Å². The van der Waals surface area contributed by atoms with Gasteiger partial charge in [0.25, 0.3) is 0 Å². The van der Waals surface area contributed by atoms with Gasteiger partial charge in [-0.3, -0.25) is 0 Å². The zero-order valence-corrected chi connectivity index (χ0v) is 12.9. The van der Waals surface area contributed by atoms with Crippen molar-refractivity contribution >= 4 is 17.6 Å². The molecular weight excluding hydrogens is 284 g/mol. The number of ether oxygens (including phenoxy) is 1. The molecule has 2 aromatic rings. The van der Waals surface area contributed by atoms with Crippen LogP contribution >= 0.6 is 11.8 Å². The summed E-state index contributed by atoms with van der Waals surface area (Å²) in [4.78, 5) is 4.33. The van der Waals surface area contributed by atoms with E-state index in [0.717, 1.165) is 28.6 Å². The van der Waals surface area contributed by atoms with E-state index < -0.39 is 0 Å². The van der Waals surface area contributed by atoms with E-state index in [4.69, 9.17) is 9.84 Å². The molecule has 2 N–H and O–H groups in total. The molecule has 21 heavy (non-hydrogen) atoms. The number of hydrogen-bond donors (Lipinski definition) is 2. The number of para-hydroxylation sites is 1. The third-order valence-electron chi connectivity index (χ3n) is 2.98. The number of methoxy groups -OCH3 is 1. The highest BCUT2D eigenvalue weighted by Gasteiger charge is 2.02. The lowest BCUT2D eigenvalue weighted by Gasteiger charge is -2.10. The monoisotopic (exact) mass is 304 g/mol. The van der Waals surface area contributed by atoms with Gasteiger partial charge in [-0.15, -0.1) is 0 Å². The van der Waals surface area contributed by atoms with E-state index in [-0.39, 0.29) is 6.61 Å². The fraction of sp³-hybridized carbons (Fsp3) is 0.312. The van der Waals surface area contributed by atoms with E-state index in [2.05, 4.69) is 10.3 Å². The Kier molecular flexibility index (Phi) is 6.37. The smallest absolute Gasteiger partial charge is 0.126 e. The predicted molar refractivity (Wildman–Crippen MR) is 87.8 cm³/mol. The minimum absolute atomic E-state index is 0.217. The first-order chi connectivity index (χ1) is 10.3. The van der Waals surface area contributed by atoms with Gasteiger partial charge in [0.2, 0.25) is 0 Å². The number of hydrogen-bond acceptors (Lipinski definition) is 5. The van der Waals surface area contributed by atoms with Gasteiger partial charge in [0.05, 0.1) is 13.7 Å². The molecule has 1 aromatic carbocycles. The Hall–Kier alpha value is -1.72. The molecule has 0 aliphatic carbocycles. The summed E-state index contributed by atoms with van der Waals surface area (Å²) in [5.74, 6) is 3.36. The van der Waals surface area contributed by atoms with Crippen LogP contribution in [-0.4, -0.2) is 29.6 Å². The number of aliphatic hydroxyl groups is 1. The van der Waals surface area contributed by atoms with Gasteiger partial charge in [-0.05, 0) is 23.8 Å². The van der Waals surface area contributed by atoms with Gasteiger partial charge in [0.1, 0.15) is 11.6 Å². The summed E-state index contributed by atoms with van der Waals surface area (Å²) in [7, 11) is 1.68. The summed E-state index contributed by atoms with van der Waals surface area (Å²) in [5, 5.41) is 12.1. The molecule has 0 atom stereocenters. The summed E-state index contributed by atoms with van der Waals surface area (Å²) < 4.78 is 5.34. The fourth-order valence-electron chi connectivity index (χ4n) is 1.95. The molecule has 4 nitrogen and oxygen atoms in total. The average molecular weight is 304 g/mol. The lowest BCUT2D eigenvalue weighted by molar-refractivity contribution is 0.322. The molecule has 0 unspecified atom stereocenters. The van der Waals surface area contributed by atoms with Crippen molar-refractivity contribution in [3.8, 4) is 5.75 Å². The summed E-state index contributed by atoms with van der Waals surface area (Å²) in [6.45, 7) is 0.888. The molecule has 0 fully saturated rings. The van der Waals surface area contributed by atoms with Crippen LogP contribution in [0.1, 0.15) is 11.1 Å². The maximum Gasteiger partial charge on any atom is 0.126 e. The molecule has 1 aromatic heterocycles. The lowest BCUT2D eigenvalue weighted by atomic mass is 10.2. The average Bonchev–Trinajstić information content (AvgIpc) is 2.54. The molecule has 0 aliphatic heterocycles. The topological polar surface area (TPSA) is 54.4 Å².